The second-order valence-electron chi connectivity index (χ2n) is 7.46. The van der Waals surface area contributed by atoms with Crippen LogP contribution in [0, 0.1) is 11.8 Å². The summed E-state index contributed by atoms with van der Waals surface area (Å²) >= 11 is 0. The van der Waals surface area contributed by atoms with Crippen LogP contribution < -0.4 is 0 Å². The number of hydrogen-bond donors (Lipinski definition) is 1. The van der Waals surface area contributed by atoms with Crippen molar-refractivity contribution in [2.75, 3.05) is 0 Å². The Morgan fingerprint density at radius 1 is 1.17 bits per heavy atom. The smallest absolute Gasteiger partial charge is 0.141 e. The quantitative estimate of drug-likeness (QED) is 0.760. The van der Waals surface area contributed by atoms with Crippen molar-refractivity contribution in [3.63, 3.8) is 0 Å². The Morgan fingerprint density at radius 3 is 2.88 bits per heavy atom. The molecule has 0 aromatic carbocycles. The van der Waals surface area contributed by atoms with E-state index in [4.69, 9.17) is 5.10 Å². The maximum absolute atomic E-state index is 4.76. The van der Waals surface area contributed by atoms with Crippen molar-refractivity contribution in [2.45, 2.75) is 51.0 Å². The van der Waals surface area contributed by atoms with Gasteiger partial charge in [-0.05, 0) is 37.2 Å². The van der Waals surface area contributed by atoms with Crippen LogP contribution in [0.25, 0.3) is 22.3 Å². The van der Waals surface area contributed by atoms with Crippen molar-refractivity contribution >= 4 is 11.0 Å². The lowest BCUT2D eigenvalue weighted by Gasteiger charge is -2.24. The summed E-state index contributed by atoms with van der Waals surface area (Å²) in [6.07, 6.45) is 17.3. The van der Waals surface area contributed by atoms with Crippen LogP contribution in [0.3, 0.4) is 0 Å². The first kappa shape index (κ1) is 14.2. The fourth-order valence-corrected chi connectivity index (χ4v) is 4.30. The lowest BCUT2D eigenvalue weighted by atomic mass is 9.93. The number of nitrogens with one attached hydrogen (secondary N) is 1. The molecule has 1 N–H and O–H groups in total. The number of H-pyrrole nitrogens is 1. The maximum atomic E-state index is 4.76. The van der Waals surface area contributed by atoms with Gasteiger partial charge in [-0.15, -0.1) is 0 Å². The van der Waals surface area contributed by atoms with Gasteiger partial charge in [0.2, 0.25) is 0 Å². The molecule has 5 rings (SSSR count). The van der Waals surface area contributed by atoms with Gasteiger partial charge in [0.15, 0.2) is 0 Å². The zero-order chi connectivity index (χ0) is 15.9. The number of fused-ring (bicyclic) bond motifs is 1. The Bertz CT molecular complexity index is 838. The summed E-state index contributed by atoms with van der Waals surface area (Å²) in [5.41, 5.74) is 2.96. The lowest BCUT2D eigenvalue weighted by molar-refractivity contribution is 0.281. The molecule has 5 nitrogen and oxygen atoms in total. The standard InChI is InChI=1S/C19H23N5/c1-2-4-14(3-1)17(9-13-5-6-13)24-11-15(10-23-24)18-16-7-8-20-19(16)22-12-21-18/h7-8,10-14,17H,1-6,9H2,(H,20,21,22). The molecule has 2 fully saturated rings. The van der Waals surface area contributed by atoms with E-state index in [9.17, 15) is 0 Å². The summed E-state index contributed by atoms with van der Waals surface area (Å²) in [5, 5.41) is 5.82. The minimum atomic E-state index is 0.567. The molecular weight excluding hydrogens is 298 g/mol. The van der Waals surface area contributed by atoms with Crippen LogP contribution in [0.1, 0.15) is 51.0 Å². The van der Waals surface area contributed by atoms with Crippen molar-refractivity contribution in [1.82, 2.24) is 24.7 Å². The molecule has 3 heterocycles. The van der Waals surface area contributed by atoms with Crippen LogP contribution in [-0.2, 0) is 0 Å². The van der Waals surface area contributed by atoms with E-state index in [0.717, 1.165) is 34.1 Å². The molecule has 2 saturated carbocycles. The zero-order valence-corrected chi connectivity index (χ0v) is 13.9. The van der Waals surface area contributed by atoms with Gasteiger partial charge in [-0.1, -0.05) is 25.7 Å². The van der Waals surface area contributed by atoms with E-state index in [1.807, 2.05) is 18.5 Å². The van der Waals surface area contributed by atoms with E-state index < -0.39 is 0 Å². The number of aromatic amines is 1. The highest BCUT2D eigenvalue weighted by atomic mass is 15.3. The van der Waals surface area contributed by atoms with E-state index in [0.29, 0.717) is 6.04 Å². The van der Waals surface area contributed by atoms with Gasteiger partial charge in [0.25, 0.3) is 0 Å². The third-order valence-corrected chi connectivity index (χ3v) is 5.78. The summed E-state index contributed by atoms with van der Waals surface area (Å²) in [5.74, 6) is 1.73. The molecule has 3 aromatic heterocycles. The summed E-state index contributed by atoms with van der Waals surface area (Å²) in [6, 6.07) is 2.61. The largest absolute Gasteiger partial charge is 0.346 e. The highest BCUT2D eigenvalue weighted by Crippen LogP contribution is 2.44. The normalized spacial score (nSPS) is 20.0. The van der Waals surface area contributed by atoms with Crippen LogP contribution in [0.4, 0.5) is 0 Å². The number of rotatable bonds is 5. The molecule has 0 aliphatic heterocycles. The molecule has 3 aromatic rings. The molecule has 5 heteroatoms. The molecule has 2 aliphatic carbocycles. The topological polar surface area (TPSA) is 59.4 Å². The van der Waals surface area contributed by atoms with E-state index in [1.165, 1.54) is 44.9 Å². The molecule has 0 radical (unpaired) electrons. The first-order valence-electron chi connectivity index (χ1n) is 9.21. The SMILES string of the molecule is c1nc(-c2cnn(C(CC3CC3)C3CCCC3)c2)c2cc[nH]c2n1. The highest BCUT2D eigenvalue weighted by molar-refractivity contribution is 5.89. The van der Waals surface area contributed by atoms with Gasteiger partial charge in [0, 0.05) is 23.3 Å². The molecule has 1 atom stereocenters. The average Bonchev–Trinajstić information content (AvgIpc) is 3.09. The summed E-state index contributed by atoms with van der Waals surface area (Å²) in [4.78, 5) is 12.0. The second kappa shape index (κ2) is 5.72. The highest BCUT2D eigenvalue weighted by Gasteiger charge is 2.33. The monoisotopic (exact) mass is 321 g/mol. The fourth-order valence-electron chi connectivity index (χ4n) is 4.30. The van der Waals surface area contributed by atoms with Gasteiger partial charge >= 0.3 is 0 Å². The van der Waals surface area contributed by atoms with Gasteiger partial charge in [0.1, 0.15) is 12.0 Å². The third-order valence-electron chi connectivity index (χ3n) is 5.78. The Hall–Kier alpha value is -2.17. The number of aromatic nitrogens is 5. The Kier molecular flexibility index (Phi) is 3.39. The molecular formula is C19H23N5. The number of nitrogens with zero attached hydrogens (tertiary/aromatic N) is 4. The van der Waals surface area contributed by atoms with Crippen LogP contribution in [0.5, 0.6) is 0 Å². The minimum absolute atomic E-state index is 0.567. The average molecular weight is 321 g/mol. The van der Waals surface area contributed by atoms with Crippen molar-refractivity contribution < 1.29 is 0 Å². The Labute approximate surface area is 141 Å². The molecule has 24 heavy (non-hydrogen) atoms. The third kappa shape index (κ3) is 2.52. The first-order chi connectivity index (χ1) is 11.9. The van der Waals surface area contributed by atoms with Gasteiger partial charge in [-0.3, -0.25) is 4.68 Å². The van der Waals surface area contributed by atoms with Crippen LogP contribution in [-0.4, -0.2) is 24.7 Å². The minimum Gasteiger partial charge on any atom is -0.346 e. The van der Waals surface area contributed by atoms with Gasteiger partial charge in [-0.2, -0.15) is 5.10 Å². The lowest BCUT2D eigenvalue weighted by Crippen LogP contribution is -2.18. The van der Waals surface area contributed by atoms with Crippen molar-refractivity contribution in [1.29, 1.82) is 0 Å². The maximum Gasteiger partial charge on any atom is 0.141 e. The van der Waals surface area contributed by atoms with Crippen LogP contribution >= 0.6 is 0 Å². The summed E-state index contributed by atoms with van der Waals surface area (Å²) in [7, 11) is 0. The molecule has 0 amide bonds. The number of hydrogen-bond acceptors (Lipinski definition) is 3. The van der Waals surface area contributed by atoms with E-state index in [-0.39, 0.29) is 0 Å². The Balaban J connectivity index is 1.49. The molecule has 0 spiro atoms. The van der Waals surface area contributed by atoms with E-state index in [2.05, 4.69) is 25.8 Å². The fraction of sp³-hybridized carbons (Fsp3) is 0.526. The summed E-state index contributed by atoms with van der Waals surface area (Å²) < 4.78 is 2.24. The molecule has 1 unspecified atom stereocenters. The van der Waals surface area contributed by atoms with E-state index in [1.54, 1.807) is 6.33 Å². The van der Waals surface area contributed by atoms with Crippen molar-refractivity contribution in [2.24, 2.45) is 11.8 Å². The van der Waals surface area contributed by atoms with E-state index >= 15 is 0 Å². The molecule has 2 aliphatic rings. The van der Waals surface area contributed by atoms with Gasteiger partial charge < -0.3 is 4.98 Å². The van der Waals surface area contributed by atoms with Crippen LogP contribution in [0.15, 0.2) is 31.0 Å². The Morgan fingerprint density at radius 2 is 2.04 bits per heavy atom. The van der Waals surface area contributed by atoms with Crippen molar-refractivity contribution in [3.8, 4) is 11.3 Å². The van der Waals surface area contributed by atoms with Crippen LogP contribution in [0.2, 0.25) is 0 Å². The zero-order valence-electron chi connectivity index (χ0n) is 13.9. The van der Waals surface area contributed by atoms with Crippen molar-refractivity contribution in [3.05, 3.63) is 31.0 Å². The predicted octanol–water partition coefficient (Wildman–Crippen LogP) is 4.35. The molecule has 0 bridgehead atoms. The van der Waals surface area contributed by atoms with Gasteiger partial charge in [-0.25, -0.2) is 9.97 Å². The predicted molar refractivity (Wildman–Crippen MR) is 93.4 cm³/mol. The second-order valence-corrected chi connectivity index (χ2v) is 7.46. The first-order valence-corrected chi connectivity index (χ1v) is 9.21. The van der Waals surface area contributed by atoms with Gasteiger partial charge in [0.05, 0.1) is 17.9 Å². The molecule has 124 valence electrons. The summed E-state index contributed by atoms with van der Waals surface area (Å²) in [6.45, 7) is 0. The molecule has 0 saturated heterocycles.